The molecule has 0 atom stereocenters. The summed E-state index contributed by atoms with van der Waals surface area (Å²) in [5.74, 6) is 0.0760. The quantitative estimate of drug-likeness (QED) is 0.274. The largest absolute Gasteiger partial charge is 0.446 e. The molecule has 0 unspecified atom stereocenters. The summed E-state index contributed by atoms with van der Waals surface area (Å²) in [5, 5.41) is 3.44. The van der Waals surface area contributed by atoms with Crippen molar-refractivity contribution in [1.29, 1.82) is 0 Å². The van der Waals surface area contributed by atoms with Crippen LogP contribution in [0.3, 0.4) is 0 Å². The van der Waals surface area contributed by atoms with Crippen LogP contribution in [0.15, 0.2) is 0 Å². The number of Topliss-reactive ketones (excluding diaryl/α,β-unsaturated/α-hetero) is 1. The Morgan fingerprint density at radius 2 is 1.48 bits per heavy atom. The minimum Gasteiger partial charge on any atom is -0.446 e. The Bertz CT molecular complexity index is 431. The van der Waals surface area contributed by atoms with E-state index in [0.29, 0.717) is 52.4 Å². The van der Waals surface area contributed by atoms with E-state index in [2.05, 4.69) is 11.6 Å². The number of carbonyl (C=O) groups excluding carboxylic acids is 3. The molecule has 198 valence electrons. The third-order valence-electron chi connectivity index (χ3n) is 4.16. The number of ketones is 1. The van der Waals surface area contributed by atoms with Crippen molar-refractivity contribution < 1.29 is 33.3 Å². The van der Waals surface area contributed by atoms with Crippen LogP contribution in [0.1, 0.15) is 73.1 Å². The molecule has 1 fully saturated rings. The van der Waals surface area contributed by atoms with Crippen LogP contribution in [0.5, 0.6) is 0 Å². The minimum atomic E-state index is -0.340. The lowest BCUT2D eigenvalue weighted by atomic mass is 9.97. The summed E-state index contributed by atoms with van der Waals surface area (Å²) in [5.41, 5.74) is 0. The second-order valence-corrected chi connectivity index (χ2v) is 7.73. The van der Waals surface area contributed by atoms with Crippen molar-refractivity contribution in [2.24, 2.45) is 0 Å². The number of hydrogen-bond acceptors (Lipinski definition) is 8. The van der Waals surface area contributed by atoms with Crippen molar-refractivity contribution in [3.63, 3.8) is 0 Å². The van der Waals surface area contributed by atoms with E-state index in [1.807, 2.05) is 39.5 Å². The fraction of sp³-hybridized carbons (Fsp3) is 0.875. The molecule has 0 saturated heterocycles. The van der Waals surface area contributed by atoms with Crippen LogP contribution in [0.2, 0.25) is 0 Å². The first-order valence-corrected chi connectivity index (χ1v) is 13.4. The summed E-state index contributed by atoms with van der Waals surface area (Å²) in [7, 11) is 1.64. The SMILES string of the molecule is CC.CC.CC(=O)CCC=O.COCCOCCOCCNC(=O)OC1CCC(SC)CC1. The zero-order chi connectivity index (χ0) is 25.7. The van der Waals surface area contributed by atoms with Crippen molar-refractivity contribution in [2.75, 3.05) is 52.9 Å². The maximum atomic E-state index is 11.6. The van der Waals surface area contributed by atoms with E-state index in [1.54, 1.807) is 7.11 Å². The average Bonchev–Trinajstić information content (AvgIpc) is 2.85. The predicted molar refractivity (Wildman–Crippen MR) is 136 cm³/mol. The summed E-state index contributed by atoms with van der Waals surface area (Å²) in [6.45, 7) is 12.6. The van der Waals surface area contributed by atoms with E-state index in [4.69, 9.17) is 18.9 Å². The van der Waals surface area contributed by atoms with Gasteiger partial charge in [-0.2, -0.15) is 11.8 Å². The molecule has 0 spiro atoms. The van der Waals surface area contributed by atoms with Gasteiger partial charge in [0.25, 0.3) is 0 Å². The number of thioether (sulfide) groups is 1. The standard InChI is InChI=1S/C15H29NO5S.C5H8O2.2C2H6/c1-18-9-10-20-12-11-19-8-7-16-15(17)21-13-3-5-14(22-2)6-4-13;1-5(7)3-2-4-6;2*1-2/h13-14H,3-12H2,1-2H3,(H,16,17);4H,2-3H2,1H3;2*1-2H3. The van der Waals surface area contributed by atoms with Gasteiger partial charge in [0.1, 0.15) is 18.2 Å². The molecule has 0 aromatic heterocycles. The van der Waals surface area contributed by atoms with Crippen molar-refractivity contribution >= 4 is 29.9 Å². The zero-order valence-electron chi connectivity index (χ0n) is 22.0. The topological polar surface area (TPSA) is 100 Å². The van der Waals surface area contributed by atoms with E-state index in [-0.39, 0.29) is 18.0 Å². The maximum absolute atomic E-state index is 11.6. The molecule has 1 saturated carbocycles. The normalized spacial score (nSPS) is 16.5. The van der Waals surface area contributed by atoms with Crippen molar-refractivity contribution in [1.82, 2.24) is 5.32 Å². The third-order valence-corrected chi connectivity index (χ3v) is 5.30. The van der Waals surface area contributed by atoms with E-state index < -0.39 is 0 Å². The molecule has 1 aliphatic rings. The molecule has 1 aliphatic carbocycles. The summed E-state index contributed by atoms with van der Waals surface area (Å²) in [6.07, 6.45) is 7.58. The number of amides is 1. The highest BCUT2D eigenvalue weighted by atomic mass is 32.2. The van der Waals surface area contributed by atoms with Gasteiger partial charge in [-0.15, -0.1) is 0 Å². The van der Waals surface area contributed by atoms with E-state index in [1.165, 1.54) is 6.92 Å². The summed E-state index contributed by atoms with van der Waals surface area (Å²) < 4.78 is 20.9. The Morgan fingerprint density at radius 1 is 0.939 bits per heavy atom. The first kappa shape index (κ1) is 36.4. The summed E-state index contributed by atoms with van der Waals surface area (Å²) >= 11 is 1.90. The summed E-state index contributed by atoms with van der Waals surface area (Å²) in [4.78, 5) is 31.2. The summed E-state index contributed by atoms with van der Waals surface area (Å²) in [6, 6.07) is 0. The lowest BCUT2D eigenvalue weighted by Gasteiger charge is -2.27. The van der Waals surface area contributed by atoms with E-state index >= 15 is 0 Å². The Labute approximate surface area is 206 Å². The van der Waals surface area contributed by atoms with Crippen LogP contribution in [0, 0.1) is 0 Å². The number of rotatable bonds is 14. The Balaban J connectivity index is -0.000000689. The van der Waals surface area contributed by atoms with Gasteiger partial charge in [-0.05, 0) is 38.9 Å². The average molecular weight is 496 g/mol. The first-order valence-electron chi connectivity index (χ1n) is 12.1. The highest BCUT2D eigenvalue weighted by Gasteiger charge is 2.23. The molecule has 1 rings (SSSR count). The molecule has 0 bridgehead atoms. The molecule has 1 N–H and O–H groups in total. The van der Waals surface area contributed by atoms with Gasteiger partial charge in [0.2, 0.25) is 0 Å². The number of ether oxygens (including phenoxy) is 4. The molecule has 33 heavy (non-hydrogen) atoms. The van der Waals surface area contributed by atoms with Gasteiger partial charge < -0.3 is 33.9 Å². The number of hydrogen-bond donors (Lipinski definition) is 1. The number of aldehydes is 1. The molecule has 0 aliphatic heterocycles. The number of methoxy groups -OCH3 is 1. The van der Waals surface area contributed by atoms with Gasteiger partial charge in [0, 0.05) is 31.7 Å². The molecule has 0 aromatic rings. The molecule has 0 aromatic carbocycles. The number of nitrogens with one attached hydrogen (secondary N) is 1. The van der Waals surface area contributed by atoms with E-state index in [9.17, 15) is 14.4 Å². The van der Waals surface area contributed by atoms with E-state index in [0.717, 1.165) is 37.2 Å². The van der Waals surface area contributed by atoms with Gasteiger partial charge in [0.15, 0.2) is 0 Å². The molecule has 9 heteroatoms. The lowest BCUT2D eigenvalue weighted by molar-refractivity contribution is -0.118. The second-order valence-electron chi connectivity index (χ2n) is 6.59. The number of carbonyl (C=O) groups is 3. The molecule has 0 heterocycles. The van der Waals surface area contributed by atoms with Crippen LogP contribution in [-0.4, -0.2) is 82.5 Å². The number of alkyl carbamates (subject to hydrolysis) is 1. The Morgan fingerprint density at radius 3 is 1.94 bits per heavy atom. The third kappa shape index (κ3) is 28.8. The molecule has 0 radical (unpaired) electrons. The van der Waals surface area contributed by atoms with Crippen LogP contribution in [0.4, 0.5) is 4.79 Å². The minimum absolute atomic E-state index is 0.0681. The fourth-order valence-corrected chi connectivity index (χ4v) is 3.27. The Kier molecular flexibility index (Phi) is 34.0. The van der Waals surface area contributed by atoms with Crippen molar-refractivity contribution in [2.45, 2.75) is 84.5 Å². The van der Waals surface area contributed by atoms with Crippen LogP contribution < -0.4 is 5.32 Å². The van der Waals surface area contributed by atoms with Crippen molar-refractivity contribution in [3.8, 4) is 0 Å². The van der Waals surface area contributed by atoms with Gasteiger partial charge in [-0.25, -0.2) is 4.79 Å². The highest BCUT2D eigenvalue weighted by molar-refractivity contribution is 7.99. The van der Waals surface area contributed by atoms with Gasteiger partial charge in [-0.1, -0.05) is 27.7 Å². The fourth-order valence-electron chi connectivity index (χ4n) is 2.53. The lowest BCUT2D eigenvalue weighted by Crippen LogP contribution is -2.33. The van der Waals surface area contributed by atoms with Gasteiger partial charge in [0.05, 0.1) is 33.0 Å². The van der Waals surface area contributed by atoms with Crippen LogP contribution >= 0.6 is 11.8 Å². The smallest absolute Gasteiger partial charge is 0.407 e. The predicted octanol–water partition coefficient (Wildman–Crippen LogP) is 4.67. The van der Waals surface area contributed by atoms with Crippen molar-refractivity contribution in [3.05, 3.63) is 0 Å². The first-order chi connectivity index (χ1) is 16.0. The van der Waals surface area contributed by atoms with Crippen LogP contribution in [0.25, 0.3) is 0 Å². The Hall–Kier alpha value is -1.16. The van der Waals surface area contributed by atoms with Gasteiger partial charge in [-0.3, -0.25) is 0 Å². The molecular formula is C24H49NO7S. The van der Waals surface area contributed by atoms with Crippen LogP contribution in [-0.2, 0) is 28.5 Å². The van der Waals surface area contributed by atoms with Gasteiger partial charge >= 0.3 is 6.09 Å². The molecule has 8 nitrogen and oxygen atoms in total. The highest BCUT2D eigenvalue weighted by Crippen LogP contribution is 2.28. The zero-order valence-corrected chi connectivity index (χ0v) is 22.8. The molecule has 1 amide bonds. The second kappa shape index (κ2) is 30.8. The molecular weight excluding hydrogens is 446 g/mol. The maximum Gasteiger partial charge on any atom is 0.407 e. The monoisotopic (exact) mass is 495 g/mol.